The third-order valence-corrected chi connectivity index (χ3v) is 1.21. The van der Waals surface area contributed by atoms with E-state index in [1.54, 1.807) is 25.3 Å². The lowest BCUT2D eigenvalue weighted by atomic mass is 10.3. The van der Waals surface area contributed by atoms with Crippen LogP contribution in [0, 0.1) is 14.0 Å². The average Bonchev–Trinajstić information content (AvgIpc) is 1.83. The smallest absolute Gasteiger partial charge is 0.253 e. The molecule has 1 rings (SSSR count). The zero-order chi connectivity index (χ0) is 6.85. The van der Waals surface area contributed by atoms with Gasteiger partial charge in [0.15, 0.2) is 0 Å². The molecule has 0 fully saturated rings. The van der Waals surface area contributed by atoms with Crippen LogP contribution in [0.15, 0.2) is 23.1 Å². The van der Waals surface area contributed by atoms with Gasteiger partial charge in [-0.1, -0.05) is 6.07 Å². The molecule has 0 amide bonds. The highest BCUT2D eigenvalue weighted by Gasteiger charge is 1.90. The first kappa shape index (κ1) is 6.08. The summed E-state index contributed by atoms with van der Waals surface area (Å²) in [4.78, 5) is 10.9. The molecule has 0 spiro atoms. The third-order valence-electron chi connectivity index (χ3n) is 1.21. The molecular formula is C7H8NO. The third kappa shape index (κ3) is 1.02. The number of hydrogen-bond acceptors (Lipinski definition) is 1. The number of hydrogen-bond donors (Lipinski definition) is 0. The zero-order valence-electron chi connectivity index (χ0n) is 5.29. The van der Waals surface area contributed by atoms with Gasteiger partial charge in [-0.25, -0.2) is 0 Å². The first-order valence-electron chi connectivity index (χ1n) is 2.71. The monoisotopic (exact) mass is 122 g/mol. The average molecular weight is 122 g/mol. The van der Waals surface area contributed by atoms with Crippen molar-refractivity contribution in [1.29, 1.82) is 0 Å². The maximum absolute atomic E-state index is 10.9. The minimum absolute atomic E-state index is 0.0301. The Morgan fingerprint density at radius 3 is 2.78 bits per heavy atom. The number of aryl methyl sites for hydroxylation is 1. The lowest BCUT2D eigenvalue weighted by Crippen LogP contribution is -2.15. The Kier molecular flexibility index (Phi) is 1.39. The molecule has 0 unspecified atom stereocenters. The lowest BCUT2D eigenvalue weighted by Gasteiger charge is -1.94. The van der Waals surface area contributed by atoms with Crippen molar-refractivity contribution in [2.75, 3.05) is 0 Å². The van der Waals surface area contributed by atoms with Gasteiger partial charge in [-0.3, -0.25) is 4.79 Å². The summed E-state index contributed by atoms with van der Waals surface area (Å²) in [6, 6.07) is 3.56. The molecule has 0 aromatic carbocycles. The Morgan fingerprint density at radius 2 is 2.33 bits per heavy atom. The minimum atomic E-state index is -0.0301. The molecule has 0 N–H and O–H groups in total. The Hall–Kier alpha value is -1.05. The van der Waals surface area contributed by atoms with E-state index < -0.39 is 0 Å². The van der Waals surface area contributed by atoms with Crippen LogP contribution < -0.4 is 5.56 Å². The molecule has 0 saturated heterocycles. The number of pyridine rings is 1. The highest BCUT2D eigenvalue weighted by molar-refractivity contribution is 5.07. The van der Waals surface area contributed by atoms with Crippen molar-refractivity contribution in [2.45, 2.75) is 6.92 Å². The van der Waals surface area contributed by atoms with Crippen molar-refractivity contribution in [3.63, 3.8) is 0 Å². The molecule has 2 heteroatoms. The van der Waals surface area contributed by atoms with Crippen LogP contribution in [-0.4, -0.2) is 4.57 Å². The van der Waals surface area contributed by atoms with Crippen LogP contribution >= 0.6 is 0 Å². The molecule has 0 atom stereocenters. The highest BCUT2D eigenvalue weighted by atomic mass is 16.1. The summed E-state index contributed by atoms with van der Waals surface area (Å²) in [6.45, 7) is 1.77. The van der Waals surface area contributed by atoms with Crippen LogP contribution in [0.4, 0.5) is 0 Å². The fourth-order valence-electron chi connectivity index (χ4n) is 0.657. The summed E-state index contributed by atoms with van der Waals surface area (Å²) in [7, 11) is 3.49. The van der Waals surface area contributed by atoms with Gasteiger partial charge in [0.25, 0.3) is 5.56 Å². The van der Waals surface area contributed by atoms with Gasteiger partial charge in [-0.2, -0.15) is 0 Å². The van der Waals surface area contributed by atoms with Gasteiger partial charge in [-0.15, -0.1) is 0 Å². The van der Waals surface area contributed by atoms with E-state index in [4.69, 9.17) is 0 Å². The van der Waals surface area contributed by atoms with Crippen molar-refractivity contribution in [3.05, 3.63) is 41.3 Å². The van der Waals surface area contributed by atoms with Gasteiger partial charge in [-0.05, 0) is 13.0 Å². The van der Waals surface area contributed by atoms with Crippen LogP contribution in [0.1, 0.15) is 5.56 Å². The Bertz CT molecular complexity index is 239. The van der Waals surface area contributed by atoms with Crippen molar-refractivity contribution < 1.29 is 0 Å². The molecule has 2 nitrogen and oxygen atoms in total. The van der Waals surface area contributed by atoms with E-state index in [1.165, 1.54) is 4.57 Å². The van der Waals surface area contributed by atoms with Crippen LogP contribution in [-0.2, 0) is 0 Å². The molecule has 1 radical (unpaired) electrons. The Labute approximate surface area is 53.8 Å². The van der Waals surface area contributed by atoms with Crippen molar-refractivity contribution in [3.8, 4) is 0 Å². The fourth-order valence-corrected chi connectivity index (χ4v) is 0.657. The topological polar surface area (TPSA) is 22.0 Å². The van der Waals surface area contributed by atoms with Gasteiger partial charge < -0.3 is 4.57 Å². The van der Waals surface area contributed by atoms with Crippen molar-refractivity contribution in [1.82, 2.24) is 4.57 Å². The molecule has 0 saturated carbocycles. The molecule has 1 aromatic rings. The lowest BCUT2D eigenvalue weighted by molar-refractivity contribution is 0.970. The largest absolute Gasteiger partial charge is 0.314 e. The number of rotatable bonds is 0. The summed E-state index contributed by atoms with van der Waals surface area (Å²) in [6.07, 6.45) is 1.63. The molecule has 1 heterocycles. The molecule has 0 aliphatic rings. The van der Waals surface area contributed by atoms with Gasteiger partial charge in [0.05, 0.1) is 0 Å². The fraction of sp³-hybridized carbons (Fsp3) is 0.143. The maximum Gasteiger partial charge on any atom is 0.253 e. The Morgan fingerprint density at radius 1 is 1.67 bits per heavy atom. The molecule has 47 valence electrons. The van der Waals surface area contributed by atoms with Crippen LogP contribution in [0.2, 0.25) is 0 Å². The second-order valence-corrected chi connectivity index (χ2v) is 1.97. The van der Waals surface area contributed by atoms with E-state index in [0.29, 0.717) is 0 Å². The number of aromatic nitrogens is 1. The van der Waals surface area contributed by atoms with Crippen molar-refractivity contribution in [2.24, 2.45) is 0 Å². The first-order valence-corrected chi connectivity index (χ1v) is 2.71. The summed E-state index contributed by atoms with van der Waals surface area (Å²) in [5.74, 6) is 0. The van der Waals surface area contributed by atoms with E-state index in [9.17, 15) is 4.79 Å². The van der Waals surface area contributed by atoms with Crippen LogP contribution in [0.25, 0.3) is 0 Å². The van der Waals surface area contributed by atoms with E-state index in [0.717, 1.165) is 5.56 Å². The second kappa shape index (κ2) is 2.05. The summed E-state index contributed by atoms with van der Waals surface area (Å²) in [5.41, 5.74) is 0.699. The summed E-state index contributed by atoms with van der Waals surface area (Å²) in [5, 5.41) is 0. The SMILES string of the molecule is [CH2]n1cccc(C)c1=O. The van der Waals surface area contributed by atoms with Crippen molar-refractivity contribution >= 4 is 0 Å². The van der Waals surface area contributed by atoms with Gasteiger partial charge >= 0.3 is 0 Å². The standard InChI is InChI=1S/C7H8NO/c1-6-4-3-5-8(2)7(6)9/h3-5H,2H2,1H3. The summed E-state index contributed by atoms with van der Waals surface area (Å²) < 4.78 is 1.31. The van der Waals surface area contributed by atoms with Gasteiger partial charge in [0.1, 0.15) is 0 Å². The van der Waals surface area contributed by atoms with Gasteiger partial charge in [0.2, 0.25) is 0 Å². The van der Waals surface area contributed by atoms with Crippen LogP contribution in [0.5, 0.6) is 0 Å². The highest BCUT2D eigenvalue weighted by Crippen LogP contribution is 1.85. The second-order valence-electron chi connectivity index (χ2n) is 1.97. The molecule has 1 aromatic heterocycles. The minimum Gasteiger partial charge on any atom is -0.314 e. The normalized spacial score (nSPS) is 9.56. The molecule has 0 aliphatic heterocycles. The predicted molar refractivity (Wildman–Crippen MR) is 36.2 cm³/mol. The van der Waals surface area contributed by atoms with E-state index in [2.05, 4.69) is 7.05 Å². The molecule has 9 heavy (non-hydrogen) atoms. The first-order chi connectivity index (χ1) is 4.22. The summed E-state index contributed by atoms with van der Waals surface area (Å²) >= 11 is 0. The maximum atomic E-state index is 10.9. The number of nitrogens with zero attached hydrogens (tertiary/aromatic N) is 1. The molecular weight excluding hydrogens is 114 g/mol. The quantitative estimate of drug-likeness (QED) is 0.498. The van der Waals surface area contributed by atoms with E-state index >= 15 is 0 Å². The van der Waals surface area contributed by atoms with Gasteiger partial charge in [0, 0.05) is 18.8 Å². The molecule has 0 aliphatic carbocycles. The predicted octanol–water partition coefficient (Wildman–Crippen LogP) is 0.796. The molecule has 0 bridgehead atoms. The van der Waals surface area contributed by atoms with Crippen LogP contribution in [0.3, 0.4) is 0 Å². The van der Waals surface area contributed by atoms with E-state index in [-0.39, 0.29) is 5.56 Å². The zero-order valence-corrected chi connectivity index (χ0v) is 5.29. The van der Waals surface area contributed by atoms with E-state index in [1.807, 2.05) is 0 Å². The Balaban J connectivity index is 3.43.